The standard InChI is InChI=1S/C20H21N3O3S/c1-12(19(25)22-15-6-4-13(5-7-15)18(21)24)27-17-10-8-16(9-11-17)23-20(26)14-2-3-14/h4-12,14H,2-3H2,1H3,(H2,21,24)(H,22,25)(H,23,26). The molecule has 0 bridgehead atoms. The zero-order chi connectivity index (χ0) is 19.4. The Balaban J connectivity index is 1.52. The molecule has 1 aliphatic rings. The molecule has 0 spiro atoms. The van der Waals surface area contributed by atoms with Crippen molar-refractivity contribution in [3.63, 3.8) is 0 Å². The van der Waals surface area contributed by atoms with Crippen LogP contribution in [0.25, 0.3) is 0 Å². The maximum Gasteiger partial charge on any atom is 0.248 e. The molecule has 140 valence electrons. The van der Waals surface area contributed by atoms with Crippen LogP contribution in [0.4, 0.5) is 11.4 Å². The summed E-state index contributed by atoms with van der Waals surface area (Å²) in [5.74, 6) is -0.406. The summed E-state index contributed by atoms with van der Waals surface area (Å²) >= 11 is 1.43. The van der Waals surface area contributed by atoms with Crippen LogP contribution in [0.3, 0.4) is 0 Å². The molecule has 1 atom stereocenters. The molecule has 3 amide bonds. The number of carbonyl (C=O) groups is 3. The van der Waals surface area contributed by atoms with E-state index in [1.54, 1.807) is 24.3 Å². The number of primary amides is 1. The third kappa shape index (κ3) is 5.34. The molecule has 0 aliphatic heterocycles. The predicted molar refractivity (Wildman–Crippen MR) is 107 cm³/mol. The van der Waals surface area contributed by atoms with Gasteiger partial charge in [-0.1, -0.05) is 0 Å². The second kappa shape index (κ2) is 8.26. The van der Waals surface area contributed by atoms with Gasteiger partial charge in [0, 0.05) is 27.8 Å². The van der Waals surface area contributed by atoms with Gasteiger partial charge in [-0.15, -0.1) is 11.8 Å². The summed E-state index contributed by atoms with van der Waals surface area (Å²) in [7, 11) is 0. The van der Waals surface area contributed by atoms with Gasteiger partial charge in [0.05, 0.1) is 5.25 Å². The summed E-state index contributed by atoms with van der Waals surface area (Å²) in [5.41, 5.74) is 6.97. The van der Waals surface area contributed by atoms with Crippen molar-refractivity contribution in [1.29, 1.82) is 0 Å². The third-order valence-corrected chi connectivity index (χ3v) is 5.30. The van der Waals surface area contributed by atoms with Crippen LogP contribution in [0.1, 0.15) is 30.1 Å². The molecule has 7 heteroatoms. The fourth-order valence-corrected chi connectivity index (χ4v) is 3.29. The smallest absolute Gasteiger partial charge is 0.248 e. The Bertz CT molecular complexity index is 846. The lowest BCUT2D eigenvalue weighted by molar-refractivity contribution is -0.117. The van der Waals surface area contributed by atoms with Gasteiger partial charge in [0.2, 0.25) is 17.7 Å². The second-order valence-corrected chi connectivity index (χ2v) is 7.89. The lowest BCUT2D eigenvalue weighted by atomic mass is 10.2. The largest absolute Gasteiger partial charge is 0.366 e. The molecule has 0 aromatic heterocycles. The molecular weight excluding hydrogens is 362 g/mol. The molecule has 6 nitrogen and oxygen atoms in total. The van der Waals surface area contributed by atoms with Crippen molar-refractivity contribution in [2.75, 3.05) is 10.6 Å². The van der Waals surface area contributed by atoms with Crippen molar-refractivity contribution < 1.29 is 14.4 Å². The number of hydrogen-bond donors (Lipinski definition) is 3. The zero-order valence-corrected chi connectivity index (χ0v) is 15.7. The Morgan fingerprint density at radius 2 is 1.52 bits per heavy atom. The van der Waals surface area contributed by atoms with Crippen molar-refractivity contribution in [3.05, 3.63) is 54.1 Å². The second-order valence-electron chi connectivity index (χ2n) is 6.48. The summed E-state index contributed by atoms with van der Waals surface area (Å²) in [6.45, 7) is 1.82. The molecule has 1 fully saturated rings. The molecular formula is C20H21N3O3S. The van der Waals surface area contributed by atoms with E-state index in [-0.39, 0.29) is 23.0 Å². The molecule has 0 heterocycles. The number of benzene rings is 2. The fourth-order valence-electron chi connectivity index (χ4n) is 2.43. The van der Waals surface area contributed by atoms with Gasteiger partial charge in [0.25, 0.3) is 0 Å². The van der Waals surface area contributed by atoms with Gasteiger partial charge in [-0.3, -0.25) is 14.4 Å². The van der Waals surface area contributed by atoms with E-state index in [1.807, 2.05) is 31.2 Å². The van der Waals surface area contributed by atoms with Gasteiger partial charge < -0.3 is 16.4 Å². The lowest BCUT2D eigenvalue weighted by Crippen LogP contribution is -2.22. The minimum atomic E-state index is -0.506. The number of nitrogens with two attached hydrogens (primary N) is 1. The van der Waals surface area contributed by atoms with Crippen molar-refractivity contribution >= 4 is 40.9 Å². The van der Waals surface area contributed by atoms with Crippen LogP contribution < -0.4 is 16.4 Å². The van der Waals surface area contributed by atoms with Crippen LogP contribution in [-0.4, -0.2) is 23.0 Å². The molecule has 1 unspecified atom stereocenters. The van der Waals surface area contributed by atoms with Crippen LogP contribution in [0.5, 0.6) is 0 Å². The molecule has 0 radical (unpaired) electrons. The van der Waals surface area contributed by atoms with E-state index in [0.717, 1.165) is 23.4 Å². The molecule has 4 N–H and O–H groups in total. The highest BCUT2D eigenvalue weighted by molar-refractivity contribution is 8.00. The van der Waals surface area contributed by atoms with E-state index in [2.05, 4.69) is 10.6 Å². The Morgan fingerprint density at radius 3 is 2.07 bits per heavy atom. The number of carbonyl (C=O) groups excluding carboxylic acids is 3. The van der Waals surface area contributed by atoms with E-state index >= 15 is 0 Å². The minimum Gasteiger partial charge on any atom is -0.366 e. The Morgan fingerprint density at radius 1 is 0.963 bits per heavy atom. The zero-order valence-electron chi connectivity index (χ0n) is 14.9. The molecule has 3 rings (SSSR count). The molecule has 27 heavy (non-hydrogen) atoms. The quantitative estimate of drug-likeness (QED) is 0.639. The Labute approximate surface area is 161 Å². The fraction of sp³-hybridized carbons (Fsp3) is 0.250. The van der Waals surface area contributed by atoms with E-state index in [9.17, 15) is 14.4 Å². The summed E-state index contributed by atoms with van der Waals surface area (Å²) < 4.78 is 0. The molecule has 0 saturated heterocycles. The molecule has 1 saturated carbocycles. The van der Waals surface area contributed by atoms with E-state index < -0.39 is 5.91 Å². The Kier molecular flexibility index (Phi) is 5.81. The predicted octanol–water partition coefficient (Wildman–Crippen LogP) is 3.25. The van der Waals surface area contributed by atoms with Gasteiger partial charge in [0.15, 0.2) is 0 Å². The van der Waals surface area contributed by atoms with Gasteiger partial charge in [-0.25, -0.2) is 0 Å². The number of nitrogens with one attached hydrogen (secondary N) is 2. The monoisotopic (exact) mass is 383 g/mol. The first-order chi connectivity index (χ1) is 12.9. The molecule has 1 aliphatic carbocycles. The van der Waals surface area contributed by atoms with Crippen molar-refractivity contribution in [3.8, 4) is 0 Å². The normalized spacial score (nSPS) is 14.3. The molecule has 2 aromatic carbocycles. The van der Waals surface area contributed by atoms with Crippen LogP contribution in [0.2, 0.25) is 0 Å². The van der Waals surface area contributed by atoms with Gasteiger partial charge in [-0.05, 0) is 68.3 Å². The highest BCUT2D eigenvalue weighted by Gasteiger charge is 2.29. The Hall–Kier alpha value is -2.80. The van der Waals surface area contributed by atoms with Gasteiger partial charge in [-0.2, -0.15) is 0 Å². The number of amides is 3. The van der Waals surface area contributed by atoms with Crippen LogP contribution in [-0.2, 0) is 9.59 Å². The van der Waals surface area contributed by atoms with Crippen LogP contribution in [0.15, 0.2) is 53.4 Å². The highest BCUT2D eigenvalue weighted by Crippen LogP contribution is 2.31. The summed E-state index contributed by atoms with van der Waals surface area (Å²) in [6, 6.07) is 13.9. The topological polar surface area (TPSA) is 101 Å². The first-order valence-corrected chi connectivity index (χ1v) is 9.58. The van der Waals surface area contributed by atoms with E-state index in [1.165, 1.54) is 11.8 Å². The summed E-state index contributed by atoms with van der Waals surface area (Å²) in [5, 5.41) is 5.40. The minimum absolute atomic E-state index is 0.0745. The first kappa shape index (κ1) is 19.0. The van der Waals surface area contributed by atoms with E-state index in [0.29, 0.717) is 11.3 Å². The van der Waals surface area contributed by atoms with Crippen molar-refractivity contribution in [2.24, 2.45) is 11.7 Å². The van der Waals surface area contributed by atoms with Crippen LogP contribution in [0, 0.1) is 5.92 Å². The van der Waals surface area contributed by atoms with Crippen molar-refractivity contribution in [1.82, 2.24) is 0 Å². The number of rotatable bonds is 7. The lowest BCUT2D eigenvalue weighted by Gasteiger charge is -2.13. The van der Waals surface area contributed by atoms with Crippen LogP contribution >= 0.6 is 11.8 Å². The van der Waals surface area contributed by atoms with Crippen molar-refractivity contribution in [2.45, 2.75) is 29.9 Å². The SMILES string of the molecule is CC(Sc1ccc(NC(=O)C2CC2)cc1)C(=O)Nc1ccc(C(N)=O)cc1. The summed E-state index contributed by atoms with van der Waals surface area (Å²) in [6.07, 6.45) is 1.94. The summed E-state index contributed by atoms with van der Waals surface area (Å²) in [4.78, 5) is 36.1. The number of hydrogen-bond acceptors (Lipinski definition) is 4. The first-order valence-electron chi connectivity index (χ1n) is 8.70. The van der Waals surface area contributed by atoms with E-state index in [4.69, 9.17) is 5.73 Å². The highest BCUT2D eigenvalue weighted by atomic mass is 32.2. The average Bonchev–Trinajstić information content (AvgIpc) is 3.49. The number of thioether (sulfide) groups is 1. The number of anilines is 2. The van der Waals surface area contributed by atoms with Gasteiger partial charge in [0.1, 0.15) is 0 Å². The average molecular weight is 383 g/mol. The third-order valence-electron chi connectivity index (χ3n) is 4.19. The maximum absolute atomic E-state index is 12.3. The molecule has 2 aromatic rings. The maximum atomic E-state index is 12.3. The van der Waals surface area contributed by atoms with Gasteiger partial charge >= 0.3 is 0 Å².